The van der Waals surface area contributed by atoms with Crippen LogP contribution in [0.2, 0.25) is 0 Å². The summed E-state index contributed by atoms with van der Waals surface area (Å²) < 4.78 is 11.6. The van der Waals surface area contributed by atoms with Crippen molar-refractivity contribution in [1.29, 1.82) is 0 Å². The monoisotopic (exact) mass is 357 g/mol. The lowest BCUT2D eigenvalue weighted by Gasteiger charge is -2.33. The predicted molar refractivity (Wildman–Crippen MR) is 103 cm³/mol. The van der Waals surface area contributed by atoms with Crippen LogP contribution < -0.4 is 10.1 Å². The van der Waals surface area contributed by atoms with Gasteiger partial charge in [0.1, 0.15) is 23.3 Å². The molecule has 6 nitrogen and oxygen atoms in total. The van der Waals surface area contributed by atoms with E-state index in [-0.39, 0.29) is 12.2 Å². The third-order valence-electron chi connectivity index (χ3n) is 4.37. The number of carbonyl (C=O) groups is 1. The van der Waals surface area contributed by atoms with E-state index in [1.54, 1.807) is 11.1 Å². The van der Waals surface area contributed by atoms with Gasteiger partial charge in [0.05, 0.1) is 0 Å². The summed E-state index contributed by atoms with van der Waals surface area (Å²) in [5.74, 6) is 1.71. The molecule has 2 heterocycles. The van der Waals surface area contributed by atoms with Crippen molar-refractivity contribution >= 4 is 22.7 Å². The smallest absolute Gasteiger partial charge is 0.410 e. The van der Waals surface area contributed by atoms with Crippen molar-refractivity contribution < 1.29 is 14.3 Å². The van der Waals surface area contributed by atoms with E-state index in [2.05, 4.69) is 10.3 Å². The van der Waals surface area contributed by atoms with E-state index in [9.17, 15) is 4.79 Å². The predicted octanol–water partition coefficient (Wildman–Crippen LogP) is 4.05. The van der Waals surface area contributed by atoms with Crippen molar-refractivity contribution in [3.05, 3.63) is 30.5 Å². The first-order chi connectivity index (χ1) is 12.4. The van der Waals surface area contributed by atoms with Crippen molar-refractivity contribution in [2.24, 2.45) is 0 Å². The Hall–Kier alpha value is -2.50. The van der Waals surface area contributed by atoms with Crippen molar-refractivity contribution in [3.63, 3.8) is 0 Å². The van der Waals surface area contributed by atoms with Crippen molar-refractivity contribution in [2.75, 3.05) is 25.5 Å². The molecule has 1 fully saturated rings. The molecule has 0 aliphatic carbocycles. The van der Waals surface area contributed by atoms with Crippen molar-refractivity contribution in [3.8, 4) is 5.75 Å². The summed E-state index contributed by atoms with van der Waals surface area (Å²) in [4.78, 5) is 18.2. The number of hydrogen-bond acceptors (Lipinski definition) is 5. The van der Waals surface area contributed by atoms with Crippen LogP contribution in [-0.2, 0) is 4.74 Å². The van der Waals surface area contributed by atoms with Gasteiger partial charge in [0.2, 0.25) is 0 Å². The van der Waals surface area contributed by atoms with E-state index in [0.717, 1.165) is 35.2 Å². The van der Waals surface area contributed by atoms with Gasteiger partial charge in [0.25, 0.3) is 0 Å². The van der Waals surface area contributed by atoms with Gasteiger partial charge in [-0.2, -0.15) is 0 Å². The number of ether oxygens (including phenoxy) is 2. The standard InChI is InChI=1S/C20H27N3O3/c1-20(2,3)26-19(24)23-11-8-15(9-12-23)25-16-5-6-17-14(13-16)7-10-22-18(17)21-4/h5-7,10,13,15H,8-9,11-12H2,1-4H3,(H,21,22). The van der Waals surface area contributed by atoms with Crippen LogP contribution in [0.1, 0.15) is 33.6 Å². The number of nitrogens with zero attached hydrogens (tertiary/aromatic N) is 2. The minimum absolute atomic E-state index is 0.108. The summed E-state index contributed by atoms with van der Waals surface area (Å²) >= 11 is 0. The number of piperidine rings is 1. The van der Waals surface area contributed by atoms with Crippen molar-refractivity contribution in [1.82, 2.24) is 9.88 Å². The highest BCUT2D eigenvalue weighted by atomic mass is 16.6. The van der Waals surface area contributed by atoms with Gasteiger partial charge in [0.15, 0.2) is 0 Å². The summed E-state index contributed by atoms with van der Waals surface area (Å²) in [5.41, 5.74) is -0.462. The molecule has 2 aromatic rings. The Morgan fingerprint density at radius 2 is 1.96 bits per heavy atom. The molecule has 0 bridgehead atoms. The first kappa shape index (κ1) is 18.3. The Morgan fingerprint density at radius 1 is 1.23 bits per heavy atom. The number of hydrogen-bond donors (Lipinski definition) is 1. The maximum Gasteiger partial charge on any atom is 0.410 e. The van der Waals surface area contributed by atoms with Crippen LogP contribution >= 0.6 is 0 Å². The van der Waals surface area contributed by atoms with Gasteiger partial charge >= 0.3 is 6.09 Å². The molecule has 26 heavy (non-hydrogen) atoms. The number of nitrogens with one attached hydrogen (secondary N) is 1. The molecule has 1 aliphatic heterocycles. The number of fused-ring (bicyclic) bond motifs is 1. The van der Waals surface area contributed by atoms with Crippen LogP contribution in [0.15, 0.2) is 30.5 Å². The lowest BCUT2D eigenvalue weighted by molar-refractivity contribution is 0.0127. The number of benzene rings is 1. The topological polar surface area (TPSA) is 63.7 Å². The SMILES string of the molecule is CNc1nccc2cc(OC3CCN(C(=O)OC(C)(C)C)CC3)ccc12. The zero-order valence-corrected chi connectivity index (χ0v) is 15.9. The first-order valence-electron chi connectivity index (χ1n) is 9.07. The van der Waals surface area contributed by atoms with Gasteiger partial charge in [-0.25, -0.2) is 9.78 Å². The fourth-order valence-corrected chi connectivity index (χ4v) is 3.10. The molecule has 1 N–H and O–H groups in total. The second-order valence-corrected chi connectivity index (χ2v) is 7.58. The highest BCUT2D eigenvalue weighted by Crippen LogP contribution is 2.27. The van der Waals surface area contributed by atoms with Gasteiger partial charge in [-0.3, -0.25) is 0 Å². The molecule has 3 rings (SSSR count). The highest BCUT2D eigenvalue weighted by molar-refractivity contribution is 5.92. The molecule has 1 aromatic carbocycles. The molecule has 0 spiro atoms. The first-order valence-corrected chi connectivity index (χ1v) is 9.07. The van der Waals surface area contributed by atoms with Crippen LogP contribution in [-0.4, -0.2) is 47.8 Å². The number of likely N-dealkylation sites (tertiary alicyclic amines) is 1. The molecule has 0 atom stereocenters. The van der Waals surface area contributed by atoms with E-state index < -0.39 is 5.60 Å². The lowest BCUT2D eigenvalue weighted by atomic mass is 10.1. The molecule has 1 amide bonds. The number of pyridine rings is 1. The van der Waals surface area contributed by atoms with Crippen LogP contribution in [0.25, 0.3) is 10.8 Å². The van der Waals surface area contributed by atoms with Gasteiger partial charge in [0, 0.05) is 44.6 Å². The highest BCUT2D eigenvalue weighted by Gasteiger charge is 2.27. The zero-order valence-electron chi connectivity index (χ0n) is 15.9. The second kappa shape index (κ2) is 7.40. The molecular weight excluding hydrogens is 330 g/mol. The molecule has 1 aromatic heterocycles. The fraction of sp³-hybridized carbons (Fsp3) is 0.500. The molecule has 140 valence electrons. The molecule has 0 unspecified atom stereocenters. The number of amides is 1. The minimum Gasteiger partial charge on any atom is -0.490 e. The average molecular weight is 357 g/mol. The Balaban J connectivity index is 1.59. The number of rotatable bonds is 3. The zero-order chi connectivity index (χ0) is 18.7. The molecular formula is C20H27N3O3. The Kier molecular flexibility index (Phi) is 5.20. The molecule has 0 radical (unpaired) electrons. The Labute approximate surface area is 154 Å². The van der Waals surface area contributed by atoms with E-state index in [0.29, 0.717) is 13.1 Å². The second-order valence-electron chi connectivity index (χ2n) is 7.58. The summed E-state index contributed by atoms with van der Waals surface area (Å²) in [7, 11) is 1.87. The van der Waals surface area contributed by atoms with Gasteiger partial charge < -0.3 is 19.7 Å². The third kappa shape index (κ3) is 4.36. The quantitative estimate of drug-likeness (QED) is 0.898. The number of anilines is 1. The van der Waals surface area contributed by atoms with E-state index in [4.69, 9.17) is 9.47 Å². The lowest BCUT2D eigenvalue weighted by Crippen LogP contribution is -2.44. The van der Waals surface area contributed by atoms with E-state index in [1.807, 2.05) is 52.1 Å². The summed E-state index contributed by atoms with van der Waals surface area (Å²) in [6.07, 6.45) is 3.26. The summed E-state index contributed by atoms with van der Waals surface area (Å²) in [5, 5.41) is 5.26. The average Bonchev–Trinajstić information content (AvgIpc) is 2.60. The van der Waals surface area contributed by atoms with Gasteiger partial charge in [-0.05, 0) is 50.4 Å². The minimum atomic E-state index is -0.462. The van der Waals surface area contributed by atoms with Crippen LogP contribution in [0.4, 0.5) is 10.6 Å². The molecule has 6 heteroatoms. The largest absolute Gasteiger partial charge is 0.490 e. The van der Waals surface area contributed by atoms with Crippen LogP contribution in [0.5, 0.6) is 5.75 Å². The normalized spacial score (nSPS) is 15.8. The maximum absolute atomic E-state index is 12.1. The molecule has 0 saturated carbocycles. The van der Waals surface area contributed by atoms with E-state index >= 15 is 0 Å². The number of aromatic nitrogens is 1. The molecule has 1 aliphatic rings. The molecule has 1 saturated heterocycles. The van der Waals surface area contributed by atoms with Gasteiger partial charge in [-0.15, -0.1) is 0 Å². The van der Waals surface area contributed by atoms with E-state index in [1.165, 1.54) is 0 Å². The van der Waals surface area contributed by atoms with Gasteiger partial charge in [-0.1, -0.05) is 0 Å². The maximum atomic E-state index is 12.1. The van der Waals surface area contributed by atoms with Crippen LogP contribution in [0, 0.1) is 0 Å². The summed E-state index contributed by atoms with van der Waals surface area (Å²) in [6, 6.07) is 8.02. The summed E-state index contributed by atoms with van der Waals surface area (Å²) in [6.45, 7) is 6.96. The third-order valence-corrected chi connectivity index (χ3v) is 4.37. The number of carbonyl (C=O) groups excluding carboxylic acids is 1. The Bertz CT molecular complexity index is 777. The van der Waals surface area contributed by atoms with Crippen molar-refractivity contribution in [2.45, 2.75) is 45.3 Å². The Morgan fingerprint density at radius 3 is 2.62 bits per heavy atom. The fourth-order valence-electron chi connectivity index (χ4n) is 3.10. The van der Waals surface area contributed by atoms with Crippen LogP contribution in [0.3, 0.4) is 0 Å².